The number of amides is 2. The van der Waals surface area contributed by atoms with Crippen molar-refractivity contribution in [3.05, 3.63) is 42.5 Å². The van der Waals surface area contributed by atoms with E-state index in [0.717, 1.165) is 25.2 Å². The van der Waals surface area contributed by atoms with Crippen LogP contribution in [-0.4, -0.2) is 87.0 Å². The third kappa shape index (κ3) is 12.3. The van der Waals surface area contributed by atoms with Gasteiger partial charge in [0.05, 0.1) is 18.4 Å². The Morgan fingerprint density at radius 3 is 2.36 bits per heavy atom. The van der Waals surface area contributed by atoms with Crippen molar-refractivity contribution >= 4 is 50.5 Å². The lowest BCUT2D eigenvalue weighted by molar-refractivity contribution is -0.145. The van der Waals surface area contributed by atoms with Gasteiger partial charge in [-0.1, -0.05) is 44.2 Å². The normalized spacial score (nSPS) is 16.1. The molecule has 1 saturated heterocycles. The van der Waals surface area contributed by atoms with E-state index in [1.165, 1.54) is 19.2 Å². The fourth-order valence-electron chi connectivity index (χ4n) is 4.84. The number of esters is 1. The fourth-order valence-corrected chi connectivity index (χ4v) is 6.07. The van der Waals surface area contributed by atoms with Crippen LogP contribution in [0.1, 0.15) is 46.5 Å². The minimum absolute atomic E-state index is 0.0255. The third-order valence-corrected chi connectivity index (χ3v) is 8.46. The molecule has 0 bridgehead atoms. The summed E-state index contributed by atoms with van der Waals surface area (Å²) >= 11 is 0. The molecule has 0 aliphatic carbocycles. The number of sulfonamides is 1. The quantitative estimate of drug-likeness (QED) is 0.110. The number of nitrogens with two attached hydrogens (primary N) is 1. The molecule has 15 heteroatoms. The van der Waals surface area contributed by atoms with E-state index >= 15 is 0 Å². The largest absolute Gasteiger partial charge is 0.481 e. The average Bonchev–Trinajstić information content (AvgIpc) is 2.98. The summed E-state index contributed by atoms with van der Waals surface area (Å²) in [5, 5.41) is 22.0. The van der Waals surface area contributed by atoms with Crippen LogP contribution in [0.2, 0.25) is 0 Å². The lowest BCUT2D eigenvalue weighted by atomic mass is 9.98. The third-order valence-electron chi connectivity index (χ3n) is 6.99. The van der Waals surface area contributed by atoms with Crippen molar-refractivity contribution < 1.29 is 37.4 Å². The Bertz CT molecular complexity index is 1460. The molecule has 7 N–H and O–H groups in total. The Morgan fingerprint density at radius 1 is 1.11 bits per heavy atom. The zero-order valence-corrected chi connectivity index (χ0v) is 26.9. The van der Waals surface area contributed by atoms with E-state index < -0.39 is 52.3 Å². The van der Waals surface area contributed by atoms with Crippen LogP contribution in [0.15, 0.2) is 47.4 Å². The van der Waals surface area contributed by atoms with Crippen molar-refractivity contribution in [1.82, 2.24) is 20.3 Å². The van der Waals surface area contributed by atoms with Crippen molar-refractivity contribution in [2.45, 2.75) is 63.4 Å². The number of hydrogen-bond donors (Lipinski definition) is 6. The SMILES string of the molecule is CC(=O)O.COC(=O)[C@@H](CC(C)C)NC(=O)[C@H](CC(=O)NC[C@@H]1CCCN(C(=N)N)C1)NS(=O)(=O)c1ccc2ccccc2c1. The number of carbonyl (C=O) groups is 4. The van der Waals surface area contributed by atoms with Crippen molar-refractivity contribution in [1.29, 1.82) is 5.41 Å². The maximum Gasteiger partial charge on any atom is 0.328 e. The van der Waals surface area contributed by atoms with Gasteiger partial charge >= 0.3 is 5.97 Å². The van der Waals surface area contributed by atoms with Crippen LogP contribution in [0.3, 0.4) is 0 Å². The van der Waals surface area contributed by atoms with Gasteiger partial charge in [0, 0.05) is 26.6 Å². The van der Waals surface area contributed by atoms with Crippen LogP contribution in [0.5, 0.6) is 0 Å². The summed E-state index contributed by atoms with van der Waals surface area (Å²) in [7, 11) is -3.03. The van der Waals surface area contributed by atoms with E-state index in [2.05, 4.69) is 15.4 Å². The zero-order chi connectivity index (χ0) is 33.7. The molecule has 3 rings (SSSR count). The number of carbonyl (C=O) groups excluding carboxylic acids is 3. The Balaban J connectivity index is 0.00000166. The van der Waals surface area contributed by atoms with Crippen LogP contribution in [0.25, 0.3) is 10.8 Å². The molecular formula is C30H44N6O8S. The second kappa shape index (κ2) is 17.3. The number of likely N-dealkylation sites (tertiary alicyclic amines) is 1. The Labute approximate surface area is 263 Å². The number of nitrogens with one attached hydrogen (secondary N) is 4. The summed E-state index contributed by atoms with van der Waals surface area (Å²) in [6.45, 7) is 6.30. The fraction of sp³-hybridized carbons (Fsp3) is 0.500. The smallest absolute Gasteiger partial charge is 0.328 e. The topological polar surface area (TPSA) is 221 Å². The number of fused-ring (bicyclic) bond motifs is 1. The van der Waals surface area contributed by atoms with Gasteiger partial charge in [0.2, 0.25) is 21.8 Å². The van der Waals surface area contributed by atoms with Gasteiger partial charge in [0.15, 0.2) is 5.96 Å². The van der Waals surface area contributed by atoms with Gasteiger partial charge in [-0.3, -0.25) is 19.8 Å². The molecule has 45 heavy (non-hydrogen) atoms. The van der Waals surface area contributed by atoms with Crippen LogP contribution < -0.4 is 21.1 Å². The molecule has 0 radical (unpaired) electrons. The Morgan fingerprint density at radius 2 is 1.76 bits per heavy atom. The molecule has 0 spiro atoms. The molecule has 1 aliphatic heterocycles. The Kier molecular flexibility index (Phi) is 14.2. The van der Waals surface area contributed by atoms with Gasteiger partial charge < -0.3 is 31.1 Å². The number of carboxylic acid groups (broad SMARTS) is 1. The van der Waals surface area contributed by atoms with E-state index in [4.69, 9.17) is 25.8 Å². The maximum atomic E-state index is 13.4. The highest BCUT2D eigenvalue weighted by Crippen LogP contribution is 2.20. The van der Waals surface area contributed by atoms with Crippen LogP contribution >= 0.6 is 0 Å². The molecule has 1 fully saturated rings. The average molecular weight is 649 g/mol. The summed E-state index contributed by atoms with van der Waals surface area (Å²) in [6.07, 6.45) is 1.43. The van der Waals surface area contributed by atoms with Gasteiger partial charge in [0.1, 0.15) is 12.1 Å². The number of carboxylic acids is 1. The molecular weight excluding hydrogens is 604 g/mol. The van der Waals surface area contributed by atoms with E-state index in [1.807, 2.05) is 26.0 Å². The molecule has 1 aliphatic rings. The van der Waals surface area contributed by atoms with E-state index in [0.29, 0.717) is 18.5 Å². The first kappa shape index (κ1) is 36.9. The van der Waals surface area contributed by atoms with E-state index in [-0.39, 0.29) is 35.7 Å². The number of ether oxygens (including phenoxy) is 1. The predicted molar refractivity (Wildman–Crippen MR) is 169 cm³/mol. The molecule has 0 unspecified atom stereocenters. The first-order valence-corrected chi connectivity index (χ1v) is 16.1. The van der Waals surface area contributed by atoms with Gasteiger partial charge in [0.25, 0.3) is 5.97 Å². The minimum Gasteiger partial charge on any atom is -0.481 e. The van der Waals surface area contributed by atoms with Gasteiger partial charge in [-0.25, -0.2) is 13.2 Å². The monoisotopic (exact) mass is 648 g/mol. The molecule has 3 atom stereocenters. The number of guanidine groups is 1. The predicted octanol–water partition coefficient (Wildman–Crippen LogP) is 1.39. The summed E-state index contributed by atoms with van der Waals surface area (Å²) in [5.74, 6) is -2.80. The summed E-state index contributed by atoms with van der Waals surface area (Å²) in [6, 6.07) is 9.33. The number of methoxy groups -OCH3 is 1. The lowest BCUT2D eigenvalue weighted by Crippen LogP contribution is -2.53. The number of hydrogen-bond acceptors (Lipinski definition) is 8. The summed E-state index contributed by atoms with van der Waals surface area (Å²) in [4.78, 5) is 49.3. The minimum atomic E-state index is -4.23. The number of benzene rings is 2. The first-order chi connectivity index (χ1) is 21.1. The molecule has 2 amide bonds. The molecule has 0 aromatic heterocycles. The van der Waals surface area contributed by atoms with Gasteiger partial charge in [-0.05, 0) is 54.0 Å². The number of aliphatic carboxylic acids is 1. The zero-order valence-electron chi connectivity index (χ0n) is 26.0. The van der Waals surface area contributed by atoms with Crippen molar-refractivity contribution in [2.24, 2.45) is 17.6 Å². The summed E-state index contributed by atoms with van der Waals surface area (Å²) in [5.41, 5.74) is 5.60. The number of nitrogens with zero attached hydrogens (tertiary/aromatic N) is 1. The van der Waals surface area contributed by atoms with E-state index in [1.54, 1.807) is 23.1 Å². The standard InChI is InChI=1S/C28H40N6O6S.C2H4O2/c1-18(2)13-24(27(37)40-3)32-26(36)23(15-25(35)31-16-19-7-6-12-34(17-19)28(29)30)33-41(38,39)22-11-10-20-8-4-5-9-21(20)14-22;1-2(3)4/h4-5,8-11,14,18-19,23-24,33H,6-7,12-13,15-17H2,1-3H3,(H3,29,30)(H,31,35)(H,32,36);1H3,(H,3,4)/t19-,23-,24+;/m0./s1. The van der Waals surface area contributed by atoms with Gasteiger partial charge in [-0.2, -0.15) is 4.72 Å². The van der Waals surface area contributed by atoms with Crippen LogP contribution in [0.4, 0.5) is 0 Å². The highest BCUT2D eigenvalue weighted by atomic mass is 32.2. The number of rotatable bonds is 12. The Hall–Kier alpha value is -4.24. The highest BCUT2D eigenvalue weighted by Gasteiger charge is 2.32. The summed E-state index contributed by atoms with van der Waals surface area (Å²) < 4.78 is 34.0. The highest BCUT2D eigenvalue weighted by molar-refractivity contribution is 7.89. The first-order valence-electron chi connectivity index (χ1n) is 14.6. The number of piperidine rings is 1. The lowest BCUT2D eigenvalue weighted by Gasteiger charge is -2.33. The van der Waals surface area contributed by atoms with Gasteiger partial charge in [-0.15, -0.1) is 0 Å². The van der Waals surface area contributed by atoms with Crippen molar-refractivity contribution in [3.63, 3.8) is 0 Å². The molecule has 2 aromatic rings. The molecule has 1 heterocycles. The van der Waals surface area contributed by atoms with E-state index in [9.17, 15) is 22.8 Å². The molecule has 0 saturated carbocycles. The van der Waals surface area contributed by atoms with Crippen LogP contribution in [-0.2, 0) is 33.9 Å². The molecule has 248 valence electrons. The maximum absolute atomic E-state index is 13.4. The van der Waals surface area contributed by atoms with Crippen molar-refractivity contribution in [2.75, 3.05) is 26.7 Å². The second-order valence-corrected chi connectivity index (χ2v) is 13.0. The van der Waals surface area contributed by atoms with Crippen LogP contribution in [0, 0.1) is 17.2 Å². The van der Waals surface area contributed by atoms with Crippen molar-refractivity contribution in [3.8, 4) is 0 Å². The molecule has 2 aromatic carbocycles. The molecule has 14 nitrogen and oxygen atoms in total. The second-order valence-electron chi connectivity index (χ2n) is 11.3.